The Morgan fingerprint density at radius 3 is 3.00 bits per heavy atom. The number of fused-ring (bicyclic) bond motifs is 1. The molecule has 1 unspecified atom stereocenters. The number of carbonyl (C=O) groups is 1. The normalized spacial score (nSPS) is 15.5. The van der Waals surface area contributed by atoms with Crippen molar-refractivity contribution in [2.75, 3.05) is 11.9 Å². The van der Waals surface area contributed by atoms with Gasteiger partial charge in [-0.15, -0.1) is 0 Å². The third-order valence-electron chi connectivity index (χ3n) is 3.79. The molecule has 6 heteroatoms. The van der Waals surface area contributed by atoms with Crippen molar-refractivity contribution in [2.45, 2.75) is 32.9 Å². The van der Waals surface area contributed by atoms with E-state index in [-0.39, 0.29) is 24.1 Å². The van der Waals surface area contributed by atoms with Crippen LogP contribution >= 0.6 is 0 Å². The van der Waals surface area contributed by atoms with Gasteiger partial charge in [0.15, 0.2) is 0 Å². The summed E-state index contributed by atoms with van der Waals surface area (Å²) in [6, 6.07) is 8.47. The Kier molecular flexibility index (Phi) is 4.55. The molecule has 1 aromatic carbocycles. The molecule has 0 saturated carbocycles. The fraction of sp³-hybridized carbons (Fsp3) is 0.333. The van der Waals surface area contributed by atoms with Crippen LogP contribution in [0.4, 0.5) is 5.69 Å². The third-order valence-corrected chi connectivity index (χ3v) is 3.79. The lowest BCUT2D eigenvalue weighted by molar-refractivity contribution is -0.116. The van der Waals surface area contributed by atoms with Crippen molar-refractivity contribution in [3.8, 4) is 11.5 Å². The molecule has 0 bridgehead atoms. The van der Waals surface area contributed by atoms with Crippen LogP contribution in [-0.2, 0) is 17.8 Å². The molecular weight excluding hydrogens is 308 g/mol. The minimum atomic E-state index is -0.296. The number of anilines is 1. The monoisotopic (exact) mass is 328 g/mol. The van der Waals surface area contributed by atoms with Crippen molar-refractivity contribution in [3.63, 3.8) is 0 Å². The van der Waals surface area contributed by atoms with Gasteiger partial charge in [0.1, 0.15) is 24.1 Å². The molecule has 6 nitrogen and oxygen atoms in total. The van der Waals surface area contributed by atoms with Crippen LogP contribution in [0.25, 0.3) is 0 Å². The van der Waals surface area contributed by atoms with Crippen molar-refractivity contribution in [1.82, 2.24) is 4.57 Å². The molecule has 0 spiro atoms. The summed E-state index contributed by atoms with van der Waals surface area (Å²) in [5.41, 5.74) is 1.41. The summed E-state index contributed by atoms with van der Waals surface area (Å²) >= 11 is 0. The molecule has 2 aromatic rings. The van der Waals surface area contributed by atoms with Crippen LogP contribution in [0.15, 0.2) is 41.3 Å². The van der Waals surface area contributed by atoms with Crippen LogP contribution in [0.2, 0.25) is 0 Å². The first-order chi connectivity index (χ1) is 11.6. The van der Waals surface area contributed by atoms with Crippen LogP contribution in [0.5, 0.6) is 11.5 Å². The van der Waals surface area contributed by atoms with Crippen molar-refractivity contribution in [1.29, 1.82) is 0 Å². The quantitative estimate of drug-likeness (QED) is 0.913. The Hall–Kier alpha value is -2.76. The van der Waals surface area contributed by atoms with E-state index in [1.807, 2.05) is 19.9 Å². The van der Waals surface area contributed by atoms with E-state index in [0.29, 0.717) is 18.0 Å². The average Bonchev–Trinajstić information content (AvgIpc) is 2.89. The zero-order valence-corrected chi connectivity index (χ0v) is 13.7. The first-order valence-corrected chi connectivity index (χ1v) is 7.98. The standard InChI is InChI=1S/C18H20N2O4/c1-3-23-16-9-13-8-12(2)24-15(13)10-14(16)19-17(21)11-20-7-5-4-6-18(20)22/h4-7,9-10,12H,3,8,11H2,1-2H3,(H,19,21). The molecule has 0 fully saturated rings. The lowest BCUT2D eigenvalue weighted by Crippen LogP contribution is -2.26. The number of nitrogens with one attached hydrogen (secondary N) is 1. The van der Waals surface area contributed by atoms with Gasteiger partial charge in [-0.05, 0) is 26.0 Å². The predicted octanol–water partition coefficient (Wildman–Crippen LogP) is 2.21. The molecular formula is C18H20N2O4. The number of nitrogens with zero attached hydrogens (tertiary/aromatic N) is 1. The average molecular weight is 328 g/mol. The second-order valence-electron chi connectivity index (χ2n) is 5.74. The highest BCUT2D eigenvalue weighted by molar-refractivity contribution is 5.92. The molecule has 126 valence electrons. The number of amides is 1. The fourth-order valence-corrected chi connectivity index (χ4v) is 2.75. The Bertz CT molecular complexity index is 813. The van der Waals surface area contributed by atoms with E-state index in [9.17, 15) is 9.59 Å². The first-order valence-electron chi connectivity index (χ1n) is 7.98. The maximum atomic E-state index is 12.3. The van der Waals surface area contributed by atoms with E-state index in [4.69, 9.17) is 9.47 Å². The summed E-state index contributed by atoms with van der Waals surface area (Å²) in [6.07, 6.45) is 2.52. The summed E-state index contributed by atoms with van der Waals surface area (Å²) < 4.78 is 12.7. The van der Waals surface area contributed by atoms with Crippen LogP contribution < -0.4 is 20.3 Å². The molecule has 0 saturated heterocycles. The fourth-order valence-electron chi connectivity index (χ4n) is 2.75. The van der Waals surface area contributed by atoms with Gasteiger partial charge in [-0.1, -0.05) is 6.07 Å². The number of rotatable bonds is 5. The van der Waals surface area contributed by atoms with Crippen molar-refractivity contribution >= 4 is 11.6 Å². The largest absolute Gasteiger partial charge is 0.492 e. The summed E-state index contributed by atoms with van der Waals surface area (Å²) in [7, 11) is 0. The van der Waals surface area contributed by atoms with Gasteiger partial charge in [-0.25, -0.2) is 0 Å². The number of hydrogen-bond acceptors (Lipinski definition) is 4. The molecule has 0 aliphatic carbocycles. The third kappa shape index (κ3) is 3.42. The molecule has 24 heavy (non-hydrogen) atoms. The number of hydrogen-bond donors (Lipinski definition) is 1. The minimum absolute atomic E-state index is 0.0560. The lowest BCUT2D eigenvalue weighted by Gasteiger charge is -2.14. The Labute approximate surface area is 140 Å². The highest BCUT2D eigenvalue weighted by Crippen LogP contribution is 2.38. The number of pyridine rings is 1. The lowest BCUT2D eigenvalue weighted by atomic mass is 10.1. The van der Waals surface area contributed by atoms with Gasteiger partial charge in [0, 0.05) is 30.3 Å². The van der Waals surface area contributed by atoms with Crippen LogP contribution in [0, 0.1) is 0 Å². The highest BCUT2D eigenvalue weighted by atomic mass is 16.5. The smallest absolute Gasteiger partial charge is 0.250 e. The van der Waals surface area contributed by atoms with Gasteiger partial charge in [0.25, 0.3) is 5.56 Å². The summed E-state index contributed by atoms with van der Waals surface area (Å²) in [5, 5.41) is 2.81. The van der Waals surface area contributed by atoms with Crippen LogP contribution in [0.3, 0.4) is 0 Å². The van der Waals surface area contributed by atoms with Crippen molar-refractivity contribution in [3.05, 3.63) is 52.4 Å². The predicted molar refractivity (Wildman–Crippen MR) is 90.7 cm³/mol. The van der Waals surface area contributed by atoms with Gasteiger partial charge in [0.05, 0.1) is 12.3 Å². The zero-order valence-electron chi connectivity index (χ0n) is 13.7. The Morgan fingerprint density at radius 2 is 2.25 bits per heavy atom. The van der Waals surface area contributed by atoms with Crippen LogP contribution in [-0.4, -0.2) is 23.2 Å². The van der Waals surface area contributed by atoms with E-state index < -0.39 is 0 Å². The van der Waals surface area contributed by atoms with Gasteiger partial charge in [0.2, 0.25) is 5.91 Å². The van der Waals surface area contributed by atoms with Gasteiger partial charge in [-0.2, -0.15) is 0 Å². The number of aromatic nitrogens is 1. The number of ether oxygens (including phenoxy) is 2. The molecule has 1 aromatic heterocycles. The first kappa shape index (κ1) is 16.1. The Morgan fingerprint density at radius 1 is 1.42 bits per heavy atom. The molecule has 0 radical (unpaired) electrons. The van der Waals surface area contributed by atoms with Gasteiger partial charge in [-0.3, -0.25) is 9.59 Å². The van der Waals surface area contributed by atoms with Gasteiger partial charge < -0.3 is 19.4 Å². The maximum Gasteiger partial charge on any atom is 0.250 e. The molecule has 3 rings (SSSR count). The van der Waals surface area contributed by atoms with Crippen molar-refractivity contribution in [2.24, 2.45) is 0 Å². The number of benzene rings is 1. The summed E-state index contributed by atoms with van der Waals surface area (Å²) in [6.45, 7) is 4.33. The maximum absolute atomic E-state index is 12.3. The van der Waals surface area contributed by atoms with Crippen molar-refractivity contribution < 1.29 is 14.3 Å². The molecule has 1 amide bonds. The summed E-state index contributed by atoms with van der Waals surface area (Å²) in [4.78, 5) is 24.0. The number of carbonyl (C=O) groups excluding carboxylic acids is 1. The molecule has 1 aliphatic heterocycles. The molecule has 1 N–H and O–H groups in total. The molecule has 2 heterocycles. The topological polar surface area (TPSA) is 69.6 Å². The Balaban J connectivity index is 1.81. The zero-order chi connectivity index (χ0) is 17.1. The van der Waals surface area contributed by atoms with E-state index >= 15 is 0 Å². The van der Waals surface area contributed by atoms with E-state index in [0.717, 1.165) is 17.7 Å². The van der Waals surface area contributed by atoms with Gasteiger partial charge >= 0.3 is 0 Å². The molecule has 1 atom stereocenters. The van der Waals surface area contributed by atoms with E-state index in [2.05, 4.69) is 5.32 Å². The highest BCUT2D eigenvalue weighted by Gasteiger charge is 2.22. The van der Waals surface area contributed by atoms with Crippen LogP contribution in [0.1, 0.15) is 19.4 Å². The van der Waals surface area contributed by atoms with E-state index in [1.54, 1.807) is 24.4 Å². The summed E-state index contributed by atoms with van der Waals surface area (Å²) in [5.74, 6) is 1.08. The molecule has 1 aliphatic rings. The second kappa shape index (κ2) is 6.78. The second-order valence-corrected chi connectivity index (χ2v) is 5.74. The van der Waals surface area contributed by atoms with E-state index in [1.165, 1.54) is 10.6 Å². The minimum Gasteiger partial charge on any atom is -0.492 e. The SMILES string of the molecule is CCOc1cc2c(cc1NC(=O)Cn1ccccc1=O)OC(C)C2.